The van der Waals surface area contributed by atoms with Gasteiger partial charge in [0.15, 0.2) is 0 Å². The monoisotopic (exact) mass is 383 g/mol. The van der Waals surface area contributed by atoms with Crippen molar-refractivity contribution < 1.29 is 0 Å². The molecule has 1 N–H and O–H groups in total. The summed E-state index contributed by atoms with van der Waals surface area (Å²) < 4.78 is 1.12. The molecule has 1 aliphatic heterocycles. The van der Waals surface area contributed by atoms with Gasteiger partial charge in [0.25, 0.3) is 0 Å². The Morgan fingerprint density at radius 3 is 2.95 bits per heavy atom. The summed E-state index contributed by atoms with van der Waals surface area (Å²) in [4.78, 5) is 7.22. The van der Waals surface area contributed by atoms with Crippen molar-refractivity contribution in [2.45, 2.75) is 32.4 Å². The zero-order chi connectivity index (χ0) is 14.7. The highest BCUT2D eigenvalue weighted by molar-refractivity contribution is 9.10. The number of rotatable bonds is 5. The van der Waals surface area contributed by atoms with Crippen molar-refractivity contribution >= 4 is 39.2 Å². The lowest BCUT2D eigenvalue weighted by molar-refractivity contribution is 0.200. The lowest BCUT2D eigenvalue weighted by Gasteiger charge is -2.28. The number of aromatic nitrogens is 1. The van der Waals surface area contributed by atoms with Gasteiger partial charge in [0.2, 0.25) is 0 Å². The molecule has 1 atom stereocenters. The Hall–Kier alpha value is -0.680. The van der Waals surface area contributed by atoms with Gasteiger partial charge in [0, 0.05) is 35.2 Å². The summed E-state index contributed by atoms with van der Waals surface area (Å²) in [5, 5.41) is 4.68. The third kappa shape index (κ3) is 3.80. The highest BCUT2D eigenvalue weighted by atomic mass is 79.9. The van der Waals surface area contributed by atoms with Gasteiger partial charge in [-0.3, -0.25) is 9.88 Å². The van der Waals surface area contributed by atoms with Crippen LogP contribution >= 0.6 is 28.3 Å². The number of hydrogen-bond donors (Lipinski definition) is 1. The third-order valence-electron chi connectivity index (χ3n) is 4.23. The molecular weight excluding hydrogens is 362 g/mol. The topological polar surface area (TPSA) is 28.2 Å². The summed E-state index contributed by atoms with van der Waals surface area (Å²) in [5.41, 5.74) is 2.45. The molecule has 3 rings (SSSR count). The zero-order valence-corrected chi connectivity index (χ0v) is 15.3. The van der Waals surface area contributed by atoms with Crippen molar-refractivity contribution in [1.29, 1.82) is 0 Å². The second-order valence-electron chi connectivity index (χ2n) is 5.72. The maximum Gasteiger partial charge on any atom is 0.0758 e. The molecule has 120 valence electrons. The molecule has 1 aliphatic rings. The van der Waals surface area contributed by atoms with Crippen molar-refractivity contribution in [2.24, 2.45) is 0 Å². The summed E-state index contributed by atoms with van der Waals surface area (Å²) in [5.74, 6) is 0. The number of nitrogens with zero attached hydrogens (tertiary/aromatic N) is 2. The lowest BCUT2D eigenvalue weighted by atomic mass is 10.1. The molecular formula is C17H23BrClN3. The van der Waals surface area contributed by atoms with E-state index in [1.807, 2.05) is 12.3 Å². The van der Waals surface area contributed by atoms with Gasteiger partial charge in [0.05, 0.1) is 5.52 Å². The molecule has 1 unspecified atom stereocenters. The van der Waals surface area contributed by atoms with E-state index in [-0.39, 0.29) is 12.4 Å². The van der Waals surface area contributed by atoms with E-state index in [1.54, 1.807) is 0 Å². The fourth-order valence-electron chi connectivity index (χ4n) is 3.17. The van der Waals surface area contributed by atoms with Gasteiger partial charge in [-0.05, 0) is 43.6 Å². The Kier molecular flexibility index (Phi) is 6.63. The minimum atomic E-state index is 0. The molecule has 0 spiro atoms. The van der Waals surface area contributed by atoms with Crippen molar-refractivity contribution in [3.8, 4) is 0 Å². The highest BCUT2D eigenvalue weighted by Crippen LogP contribution is 2.26. The van der Waals surface area contributed by atoms with Crippen molar-refractivity contribution in [2.75, 3.05) is 19.6 Å². The van der Waals surface area contributed by atoms with Crippen LogP contribution in [-0.2, 0) is 6.54 Å². The summed E-state index contributed by atoms with van der Waals surface area (Å²) >= 11 is 3.63. The lowest BCUT2D eigenvalue weighted by Crippen LogP contribution is -2.37. The molecule has 1 aromatic heterocycles. The summed E-state index contributed by atoms with van der Waals surface area (Å²) in [6.07, 6.45) is 4.33. The average molecular weight is 385 g/mol. The Morgan fingerprint density at radius 2 is 2.23 bits per heavy atom. The van der Waals surface area contributed by atoms with Gasteiger partial charge >= 0.3 is 0 Å². The van der Waals surface area contributed by atoms with Gasteiger partial charge in [-0.1, -0.05) is 35.0 Å². The van der Waals surface area contributed by atoms with Gasteiger partial charge < -0.3 is 5.32 Å². The Labute approximate surface area is 147 Å². The predicted molar refractivity (Wildman–Crippen MR) is 98.7 cm³/mol. The average Bonchev–Trinajstić information content (AvgIpc) is 3.04. The molecule has 1 saturated heterocycles. The predicted octanol–water partition coefficient (Wildman–Crippen LogP) is 3.99. The first-order valence-corrected chi connectivity index (χ1v) is 8.55. The number of hydrogen-bond acceptors (Lipinski definition) is 3. The molecule has 1 fully saturated rings. The summed E-state index contributed by atoms with van der Waals surface area (Å²) in [7, 11) is 0. The molecule has 2 heterocycles. The molecule has 0 aliphatic carbocycles. The minimum Gasteiger partial charge on any atom is -0.315 e. The van der Waals surface area contributed by atoms with Crippen LogP contribution in [-0.4, -0.2) is 35.6 Å². The quantitative estimate of drug-likeness (QED) is 0.844. The van der Waals surface area contributed by atoms with Crippen LogP contribution < -0.4 is 5.32 Å². The van der Waals surface area contributed by atoms with Crippen molar-refractivity contribution in [3.63, 3.8) is 0 Å². The first kappa shape index (κ1) is 17.7. The van der Waals surface area contributed by atoms with E-state index in [9.17, 15) is 0 Å². The normalized spacial score (nSPS) is 17.9. The van der Waals surface area contributed by atoms with Gasteiger partial charge in [-0.2, -0.15) is 0 Å². The maximum atomic E-state index is 4.61. The molecule has 3 nitrogen and oxygen atoms in total. The number of benzene rings is 1. The molecule has 0 bridgehead atoms. The third-order valence-corrected chi connectivity index (χ3v) is 4.93. The fraction of sp³-hybridized carbons (Fsp3) is 0.471. The molecule has 0 amide bonds. The van der Waals surface area contributed by atoms with Crippen LogP contribution in [0.15, 0.2) is 34.9 Å². The Bertz CT molecular complexity index is 614. The first-order valence-electron chi connectivity index (χ1n) is 7.76. The smallest absolute Gasteiger partial charge is 0.0758 e. The minimum absolute atomic E-state index is 0. The number of nitrogens with one attached hydrogen (secondary N) is 1. The van der Waals surface area contributed by atoms with Crippen LogP contribution in [0.3, 0.4) is 0 Å². The van der Waals surface area contributed by atoms with Crippen LogP contribution in [0.2, 0.25) is 0 Å². The molecule has 5 heteroatoms. The van der Waals surface area contributed by atoms with E-state index in [1.165, 1.54) is 23.8 Å². The molecule has 22 heavy (non-hydrogen) atoms. The van der Waals surface area contributed by atoms with E-state index >= 15 is 0 Å². The standard InChI is InChI=1S/C17H22BrN3.ClH/c1-2-10-21(14-7-9-19-11-14)12-13-5-6-16(18)15-4-3-8-20-17(13)15;/h3-6,8,14,19H,2,7,9-12H2,1H3;1H. The molecule has 0 radical (unpaired) electrons. The van der Waals surface area contributed by atoms with E-state index in [0.717, 1.165) is 36.2 Å². The Morgan fingerprint density at radius 1 is 1.36 bits per heavy atom. The van der Waals surface area contributed by atoms with Crippen LogP contribution in [0.25, 0.3) is 10.9 Å². The highest BCUT2D eigenvalue weighted by Gasteiger charge is 2.22. The van der Waals surface area contributed by atoms with E-state index < -0.39 is 0 Å². The van der Waals surface area contributed by atoms with Crippen LogP contribution in [0.4, 0.5) is 0 Å². The number of halogens is 2. The van der Waals surface area contributed by atoms with Crippen LogP contribution in [0.1, 0.15) is 25.3 Å². The Balaban J connectivity index is 0.00000176. The molecule has 2 aromatic rings. The number of fused-ring (bicyclic) bond motifs is 1. The molecule has 1 aromatic carbocycles. The van der Waals surface area contributed by atoms with Crippen molar-refractivity contribution in [1.82, 2.24) is 15.2 Å². The zero-order valence-electron chi connectivity index (χ0n) is 12.9. The van der Waals surface area contributed by atoms with Gasteiger partial charge in [0.1, 0.15) is 0 Å². The fourth-order valence-corrected chi connectivity index (χ4v) is 3.62. The van der Waals surface area contributed by atoms with Crippen molar-refractivity contribution in [3.05, 3.63) is 40.5 Å². The largest absolute Gasteiger partial charge is 0.315 e. The molecule has 0 saturated carbocycles. The summed E-state index contributed by atoms with van der Waals surface area (Å²) in [6.45, 7) is 6.65. The van der Waals surface area contributed by atoms with Gasteiger partial charge in [-0.15, -0.1) is 12.4 Å². The first-order chi connectivity index (χ1) is 10.3. The SMILES string of the molecule is CCCN(Cc1ccc(Br)c2cccnc12)C1CCNC1.Cl. The van der Waals surface area contributed by atoms with Gasteiger partial charge in [-0.25, -0.2) is 0 Å². The number of pyridine rings is 1. The maximum absolute atomic E-state index is 4.61. The van der Waals surface area contributed by atoms with Crippen LogP contribution in [0, 0.1) is 0 Å². The second-order valence-corrected chi connectivity index (χ2v) is 6.58. The van der Waals surface area contributed by atoms with E-state index in [2.05, 4.69) is 56.3 Å². The van der Waals surface area contributed by atoms with E-state index in [0.29, 0.717) is 6.04 Å². The van der Waals surface area contributed by atoms with E-state index in [4.69, 9.17) is 0 Å². The second kappa shape index (κ2) is 8.25. The van der Waals surface area contributed by atoms with Crippen LogP contribution in [0.5, 0.6) is 0 Å². The summed E-state index contributed by atoms with van der Waals surface area (Å²) in [6, 6.07) is 9.16.